The molecule has 5 heterocycles. The van der Waals surface area contributed by atoms with Gasteiger partial charge in [0.25, 0.3) is 0 Å². The van der Waals surface area contributed by atoms with E-state index in [4.69, 9.17) is 28.9 Å². The van der Waals surface area contributed by atoms with Crippen molar-refractivity contribution < 1.29 is 38.1 Å². The number of alkyl carbamates (subject to hydrolysis) is 1. The smallest absolute Gasteiger partial charge is 0.407 e. The number of nitrogens with one attached hydrogen (secondary N) is 2. The van der Waals surface area contributed by atoms with Crippen LogP contribution >= 0.6 is 15.9 Å². The number of imidazole rings is 1. The van der Waals surface area contributed by atoms with E-state index in [1.807, 2.05) is 37.5 Å². The molecular formula is C49H59BrN6O8. The summed E-state index contributed by atoms with van der Waals surface area (Å²) in [6.45, 7) is 11.3. The number of esters is 1. The van der Waals surface area contributed by atoms with Gasteiger partial charge in [-0.05, 0) is 106 Å². The zero-order valence-electron chi connectivity index (χ0n) is 38.0. The van der Waals surface area contributed by atoms with Gasteiger partial charge < -0.3 is 39.0 Å². The third-order valence-electron chi connectivity index (χ3n) is 13.9. The summed E-state index contributed by atoms with van der Waals surface area (Å²) in [4.78, 5) is 70.4. The Hall–Kier alpha value is -5.28. The molecule has 2 saturated heterocycles. The molecule has 4 aromatic rings. The lowest BCUT2D eigenvalue weighted by molar-refractivity contribution is -0.148. The minimum Gasteiger partial charge on any atom is -0.488 e. The number of carbonyl (C=O) groups excluding carboxylic acids is 4. The molecule has 0 spiro atoms. The monoisotopic (exact) mass is 938 g/mol. The minimum atomic E-state index is -0.751. The molecule has 7 atom stereocenters. The molecule has 0 bridgehead atoms. The number of carbonyl (C=O) groups is 4. The van der Waals surface area contributed by atoms with Crippen LogP contribution in [-0.2, 0) is 41.6 Å². The first-order chi connectivity index (χ1) is 30.7. The highest BCUT2D eigenvalue weighted by molar-refractivity contribution is 9.10. The van der Waals surface area contributed by atoms with Crippen LogP contribution in [0.3, 0.4) is 0 Å². The van der Waals surface area contributed by atoms with E-state index in [2.05, 4.69) is 75.6 Å². The van der Waals surface area contributed by atoms with Gasteiger partial charge in [-0.1, -0.05) is 52.3 Å². The lowest BCUT2D eigenvalue weighted by Gasteiger charge is -2.33. The first-order valence-corrected chi connectivity index (χ1v) is 23.3. The number of halogens is 1. The van der Waals surface area contributed by atoms with E-state index in [1.54, 1.807) is 7.11 Å². The lowest BCUT2D eigenvalue weighted by atomic mass is 9.89. The van der Waals surface area contributed by atoms with Gasteiger partial charge >= 0.3 is 12.1 Å². The van der Waals surface area contributed by atoms with Crippen molar-refractivity contribution in [3.05, 3.63) is 64.0 Å². The number of aromatic amines is 1. The second-order valence-electron chi connectivity index (χ2n) is 18.2. The van der Waals surface area contributed by atoms with E-state index in [-0.39, 0.29) is 60.1 Å². The molecule has 64 heavy (non-hydrogen) atoms. The lowest BCUT2D eigenvalue weighted by Crippen LogP contribution is -2.51. The Morgan fingerprint density at radius 2 is 1.78 bits per heavy atom. The number of ether oxygens (including phenoxy) is 4. The summed E-state index contributed by atoms with van der Waals surface area (Å²) >= 11 is 3.75. The van der Waals surface area contributed by atoms with E-state index in [0.29, 0.717) is 49.4 Å². The molecule has 15 heteroatoms. The summed E-state index contributed by atoms with van der Waals surface area (Å²) in [6, 6.07) is 13.6. The first kappa shape index (κ1) is 45.3. The van der Waals surface area contributed by atoms with Gasteiger partial charge in [-0.3, -0.25) is 19.4 Å². The number of hydrogen-bond donors (Lipinski definition) is 2. The molecule has 340 valence electrons. The molecule has 3 amide bonds. The average Bonchev–Trinajstić information content (AvgIpc) is 4.10. The number of amides is 3. The fourth-order valence-electron chi connectivity index (χ4n) is 10.2. The Labute approximate surface area is 383 Å². The fourth-order valence-corrected chi connectivity index (χ4v) is 10.7. The van der Waals surface area contributed by atoms with E-state index < -0.39 is 18.1 Å². The van der Waals surface area contributed by atoms with Crippen LogP contribution in [0.4, 0.5) is 10.5 Å². The Bertz CT molecular complexity index is 2500. The van der Waals surface area contributed by atoms with Crippen LogP contribution in [0.25, 0.3) is 33.2 Å². The van der Waals surface area contributed by atoms with Crippen LogP contribution in [0.5, 0.6) is 5.75 Å². The van der Waals surface area contributed by atoms with Crippen molar-refractivity contribution in [2.75, 3.05) is 34.5 Å². The van der Waals surface area contributed by atoms with E-state index in [0.717, 1.165) is 74.3 Å². The molecule has 2 N–H and O–H groups in total. The highest BCUT2D eigenvalue weighted by Crippen LogP contribution is 2.46. The van der Waals surface area contributed by atoms with Crippen LogP contribution in [0, 0.1) is 23.7 Å². The van der Waals surface area contributed by atoms with Crippen molar-refractivity contribution in [1.29, 1.82) is 0 Å². The number of rotatable bonds is 13. The zero-order chi connectivity index (χ0) is 45.6. The van der Waals surface area contributed by atoms with Crippen molar-refractivity contribution in [1.82, 2.24) is 25.1 Å². The van der Waals surface area contributed by atoms with E-state index >= 15 is 0 Å². The second-order valence-corrected chi connectivity index (χ2v) is 19.0. The number of hydrogen-bond acceptors (Lipinski definition) is 10. The van der Waals surface area contributed by atoms with Gasteiger partial charge in [-0.15, -0.1) is 0 Å². The van der Waals surface area contributed by atoms with Gasteiger partial charge in [0.1, 0.15) is 34.5 Å². The van der Waals surface area contributed by atoms with Crippen molar-refractivity contribution in [2.24, 2.45) is 28.7 Å². The molecule has 14 nitrogen and oxygen atoms in total. The number of benzene rings is 3. The Balaban J connectivity index is 1.04. The second kappa shape index (κ2) is 18.7. The quantitative estimate of drug-likeness (QED) is 0.125. The Morgan fingerprint density at radius 1 is 0.984 bits per heavy atom. The van der Waals surface area contributed by atoms with Gasteiger partial charge in [-0.25, -0.2) is 9.78 Å². The van der Waals surface area contributed by atoms with Crippen LogP contribution < -0.4 is 10.1 Å². The van der Waals surface area contributed by atoms with Crippen molar-refractivity contribution in [3.63, 3.8) is 0 Å². The third-order valence-corrected chi connectivity index (χ3v) is 14.5. The summed E-state index contributed by atoms with van der Waals surface area (Å²) in [6.07, 6.45) is 3.12. The van der Waals surface area contributed by atoms with Crippen molar-refractivity contribution >= 4 is 62.0 Å². The van der Waals surface area contributed by atoms with Gasteiger partial charge in [0.15, 0.2) is 0 Å². The molecule has 4 aliphatic heterocycles. The largest absolute Gasteiger partial charge is 0.488 e. The molecule has 0 radical (unpaired) electrons. The number of aromatic nitrogens is 2. The number of aliphatic imine (C=N–C) groups is 1. The Kier molecular flexibility index (Phi) is 13.2. The van der Waals surface area contributed by atoms with Crippen LogP contribution in [-0.4, -0.2) is 102 Å². The van der Waals surface area contributed by atoms with Gasteiger partial charge in [0.2, 0.25) is 11.8 Å². The fraction of sp³-hybridized carbons (Fsp3) is 0.510. The molecule has 8 rings (SSSR count). The van der Waals surface area contributed by atoms with Gasteiger partial charge in [0.05, 0.1) is 50.9 Å². The summed E-state index contributed by atoms with van der Waals surface area (Å²) < 4.78 is 22.6. The maximum atomic E-state index is 14.2. The van der Waals surface area contributed by atoms with Crippen molar-refractivity contribution in [2.45, 2.75) is 104 Å². The normalized spacial score (nSPS) is 21.4. The molecule has 1 aromatic heterocycles. The molecule has 2 fully saturated rings. The number of fused-ring (bicyclic) bond motifs is 6. The summed E-state index contributed by atoms with van der Waals surface area (Å²) in [5, 5.41) is 4.95. The number of H-pyrrole nitrogens is 1. The maximum Gasteiger partial charge on any atom is 0.407 e. The zero-order valence-corrected chi connectivity index (χ0v) is 39.5. The van der Waals surface area contributed by atoms with Crippen molar-refractivity contribution in [3.8, 4) is 28.1 Å². The first-order valence-electron chi connectivity index (χ1n) is 22.5. The Morgan fingerprint density at radius 3 is 2.50 bits per heavy atom. The highest BCUT2D eigenvalue weighted by atomic mass is 79.9. The SMILES string of the molecule is CC[C@H](C)[C@H](NC(=O)OC)C(=O)N1C[C@@H](COC)C[C@H]1c1nc(-c2ccc3c(c2)COc2cc4c5c(ccc4cc2-3)N=C([C@@H]2CC[C@H](C)N2C(=O)[C@@H](CC(=O)OC)C(C)C)C5)c(Br)[nH]1. The van der Waals surface area contributed by atoms with Crippen LogP contribution in [0.15, 0.2) is 52.1 Å². The number of methoxy groups -OCH3 is 3. The standard InChI is InChI=1S/C49H59BrN6O8/c1-9-26(4)43(53-49(60)63-8)48(59)55-22-28(23-61-6)16-40(55)46-52-44(45(50)54-46)30-11-13-32-31(17-30)24-64-41-20-34-29(18-36(32)41)12-14-37-35(34)19-38(51-37)39-15-10-27(5)56(39)47(58)33(25(2)3)21-42(57)62-7/h11-14,17-18,20,25-28,33,39-40,43H,9-10,15-16,19,21-24H2,1-8H3,(H,52,54)(H,53,60)/t26-,27-,28-,33-,39-,40-,43-/m0/s1. The predicted octanol–water partition coefficient (Wildman–Crippen LogP) is 8.70. The maximum absolute atomic E-state index is 14.2. The highest BCUT2D eigenvalue weighted by Gasteiger charge is 2.44. The van der Waals surface area contributed by atoms with E-state index in [1.165, 1.54) is 14.2 Å². The van der Waals surface area contributed by atoms with E-state index in [9.17, 15) is 19.2 Å². The summed E-state index contributed by atoms with van der Waals surface area (Å²) in [5.74, 6) is 0.416. The number of nitrogens with zero attached hydrogens (tertiary/aromatic N) is 4. The van der Waals surface area contributed by atoms with Crippen LogP contribution in [0.1, 0.15) is 89.7 Å². The van der Waals surface area contributed by atoms with Crippen LogP contribution in [0.2, 0.25) is 0 Å². The summed E-state index contributed by atoms with van der Waals surface area (Å²) in [5.41, 5.74) is 7.78. The predicted molar refractivity (Wildman–Crippen MR) is 247 cm³/mol. The molecule has 3 aromatic carbocycles. The minimum absolute atomic E-state index is 0.00615. The van der Waals surface area contributed by atoms with Gasteiger partial charge in [0, 0.05) is 48.9 Å². The summed E-state index contributed by atoms with van der Waals surface area (Å²) in [7, 11) is 4.32. The molecule has 4 aliphatic rings. The molecular weight excluding hydrogens is 880 g/mol. The molecule has 0 saturated carbocycles. The average molecular weight is 940 g/mol. The van der Waals surface area contributed by atoms with Gasteiger partial charge in [-0.2, -0.15) is 0 Å². The third kappa shape index (κ3) is 8.53. The number of likely N-dealkylation sites (tertiary alicyclic amines) is 2. The molecule has 0 unspecified atom stereocenters. The molecule has 0 aliphatic carbocycles. The topological polar surface area (TPSA) is 165 Å².